The van der Waals surface area contributed by atoms with Crippen molar-refractivity contribution in [2.24, 2.45) is 5.73 Å². The second-order valence-electron chi connectivity index (χ2n) is 8.55. The van der Waals surface area contributed by atoms with Crippen LogP contribution in [-0.4, -0.2) is 77.9 Å². The number of hydrogen-bond acceptors (Lipinski definition) is 6. The summed E-state index contributed by atoms with van der Waals surface area (Å²) in [6.07, 6.45) is -0.528. The molecule has 1 atom stereocenters. The zero-order chi connectivity index (χ0) is 27.3. The first-order valence-corrected chi connectivity index (χ1v) is 11.5. The Kier molecular flexibility index (Phi) is 10.7. The minimum atomic E-state index is -1.33. The number of halogens is 4. The van der Waals surface area contributed by atoms with Gasteiger partial charge in [0.1, 0.15) is 5.82 Å². The van der Waals surface area contributed by atoms with Gasteiger partial charge in [0.25, 0.3) is 5.91 Å². The molecule has 3 amide bonds. The molecular weight excluding hydrogens is 529 g/mol. The first-order valence-electron chi connectivity index (χ1n) is 11.5. The highest BCUT2D eigenvalue weighted by Gasteiger charge is 2.31. The van der Waals surface area contributed by atoms with Gasteiger partial charge < -0.3 is 15.4 Å². The van der Waals surface area contributed by atoms with Crippen LogP contribution < -0.4 is 5.73 Å². The third kappa shape index (κ3) is 7.23. The van der Waals surface area contributed by atoms with Crippen molar-refractivity contribution in [1.82, 2.24) is 14.9 Å². The summed E-state index contributed by atoms with van der Waals surface area (Å²) >= 11 is 0. The van der Waals surface area contributed by atoms with Crippen LogP contribution in [0.15, 0.2) is 36.4 Å². The van der Waals surface area contributed by atoms with Crippen LogP contribution in [0.5, 0.6) is 0 Å². The number of rotatable bonds is 6. The van der Waals surface area contributed by atoms with Crippen molar-refractivity contribution in [3.05, 3.63) is 70.5 Å². The van der Waals surface area contributed by atoms with Gasteiger partial charge in [0, 0.05) is 44.1 Å². The fourth-order valence-corrected chi connectivity index (χ4v) is 4.03. The number of hydrazine groups is 1. The van der Waals surface area contributed by atoms with Crippen LogP contribution in [0.1, 0.15) is 39.6 Å². The topological polar surface area (TPSA) is 113 Å². The SMILES string of the molecule is COC(=O)c1ccc(C(=O)N2CCN(C(C)=O)N(C(=O)C[C@H](N)Cc3cc(F)c(F)cc3F)CC2)cc1.Cl. The maximum absolute atomic E-state index is 14.0. The van der Waals surface area contributed by atoms with E-state index in [4.69, 9.17) is 5.73 Å². The molecule has 0 spiro atoms. The Balaban J connectivity index is 0.00000507. The highest BCUT2D eigenvalue weighted by molar-refractivity contribution is 5.96. The monoisotopic (exact) mass is 556 g/mol. The molecule has 9 nitrogen and oxygen atoms in total. The molecule has 1 heterocycles. The van der Waals surface area contributed by atoms with Crippen molar-refractivity contribution < 1.29 is 37.1 Å². The molecule has 1 aliphatic rings. The van der Waals surface area contributed by atoms with Crippen LogP contribution in [0, 0.1) is 17.5 Å². The lowest BCUT2D eigenvalue weighted by molar-refractivity contribution is -0.161. The number of methoxy groups -OCH3 is 1. The summed E-state index contributed by atoms with van der Waals surface area (Å²) < 4.78 is 45.3. The van der Waals surface area contributed by atoms with Crippen molar-refractivity contribution in [3.8, 4) is 0 Å². The van der Waals surface area contributed by atoms with Crippen molar-refractivity contribution >= 4 is 36.1 Å². The molecule has 0 aromatic heterocycles. The number of esters is 1. The fourth-order valence-electron chi connectivity index (χ4n) is 4.03. The average molecular weight is 557 g/mol. The standard InChI is InChI=1S/C25H27F3N4O5.ClH/c1-15(33)31-9-7-30(24(35)16-3-5-17(6-4-16)25(36)37-2)8-10-32(31)23(34)13-19(29)11-18-12-21(27)22(28)14-20(18)26;/h3-6,12,14,19H,7-11,13,29H2,1-2H3;1H/t19-;/m1./s1. The Morgan fingerprint density at radius 1 is 0.895 bits per heavy atom. The lowest BCUT2D eigenvalue weighted by atomic mass is 10.0. The van der Waals surface area contributed by atoms with Crippen LogP contribution >= 0.6 is 12.4 Å². The molecule has 3 rings (SSSR count). The third-order valence-corrected chi connectivity index (χ3v) is 5.95. The number of ether oxygens (including phenoxy) is 1. The van der Waals surface area contributed by atoms with Crippen LogP contribution in [0.2, 0.25) is 0 Å². The molecule has 0 bridgehead atoms. The summed E-state index contributed by atoms with van der Waals surface area (Å²) in [4.78, 5) is 51.4. The average Bonchev–Trinajstić information content (AvgIpc) is 3.10. The second kappa shape index (κ2) is 13.2. The molecule has 38 heavy (non-hydrogen) atoms. The molecule has 2 aromatic rings. The minimum absolute atomic E-state index is 0. The molecule has 13 heteroatoms. The highest BCUT2D eigenvalue weighted by atomic mass is 35.5. The Labute approximate surface area is 223 Å². The maximum atomic E-state index is 14.0. The maximum Gasteiger partial charge on any atom is 0.337 e. The van der Waals surface area contributed by atoms with Crippen molar-refractivity contribution in [2.75, 3.05) is 33.3 Å². The summed E-state index contributed by atoms with van der Waals surface area (Å²) in [6, 6.07) is 6.08. The van der Waals surface area contributed by atoms with Gasteiger partial charge in [0.05, 0.1) is 25.8 Å². The van der Waals surface area contributed by atoms with Crippen molar-refractivity contribution in [1.29, 1.82) is 0 Å². The van der Waals surface area contributed by atoms with E-state index in [1.807, 2.05) is 0 Å². The van der Waals surface area contributed by atoms with E-state index in [1.54, 1.807) is 0 Å². The second-order valence-corrected chi connectivity index (χ2v) is 8.55. The van der Waals surface area contributed by atoms with Crippen LogP contribution in [0.25, 0.3) is 0 Å². The molecule has 0 aliphatic carbocycles. The fraction of sp³-hybridized carbons (Fsp3) is 0.360. The molecule has 0 radical (unpaired) electrons. The Morgan fingerprint density at radius 3 is 2.03 bits per heavy atom. The van der Waals surface area contributed by atoms with Gasteiger partial charge in [-0.1, -0.05) is 0 Å². The van der Waals surface area contributed by atoms with Gasteiger partial charge in [-0.25, -0.2) is 28.0 Å². The summed E-state index contributed by atoms with van der Waals surface area (Å²) in [5.41, 5.74) is 6.43. The molecule has 206 valence electrons. The molecule has 2 aromatic carbocycles. The third-order valence-electron chi connectivity index (χ3n) is 5.95. The zero-order valence-corrected chi connectivity index (χ0v) is 21.6. The van der Waals surface area contributed by atoms with E-state index in [9.17, 15) is 32.3 Å². The molecule has 2 N–H and O–H groups in total. The molecular formula is C25H28ClF3N4O5. The van der Waals surface area contributed by atoms with E-state index >= 15 is 0 Å². The summed E-state index contributed by atoms with van der Waals surface area (Å²) in [6.45, 7) is 1.57. The van der Waals surface area contributed by atoms with E-state index < -0.39 is 41.3 Å². The van der Waals surface area contributed by atoms with Gasteiger partial charge >= 0.3 is 5.97 Å². The van der Waals surface area contributed by atoms with Gasteiger partial charge in [-0.2, -0.15) is 0 Å². The smallest absolute Gasteiger partial charge is 0.337 e. The number of nitrogens with zero attached hydrogens (tertiary/aromatic N) is 3. The number of benzene rings is 2. The number of nitrogens with two attached hydrogens (primary N) is 1. The van der Waals surface area contributed by atoms with Gasteiger partial charge in [-0.3, -0.25) is 14.4 Å². The van der Waals surface area contributed by atoms with Gasteiger partial charge in [0.15, 0.2) is 11.6 Å². The normalized spacial score (nSPS) is 14.3. The van der Waals surface area contributed by atoms with Crippen LogP contribution in [0.3, 0.4) is 0 Å². The van der Waals surface area contributed by atoms with E-state index in [1.165, 1.54) is 53.2 Å². The largest absolute Gasteiger partial charge is 0.465 e. The lowest BCUT2D eigenvalue weighted by Crippen LogP contribution is -2.50. The minimum Gasteiger partial charge on any atom is -0.465 e. The highest BCUT2D eigenvalue weighted by Crippen LogP contribution is 2.18. The molecule has 1 fully saturated rings. The Morgan fingerprint density at radius 2 is 1.45 bits per heavy atom. The van der Waals surface area contributed by atoms with Gasteiger partial charge in [-0.15, -0.1) is 12.4 Å². The van der Waals surface area contributed by atoms with E-state index in [0.29, 0.717) is 17.7 Å². The van der Waals surface area contributed by atoms with E-state index in [2.05, 4.69) is 4.74 Å². The number of amides is 3. The van der Waals surface area contributed by atoms with E-state index in [-0.39, 0.29) is 68.5 Å². The number of carbonyl (C=O) groups excluding carboxylic acids is 4. The van der Waals surface area contributed by atoms with Crippen molar-refractivity contribution in [3.63, 3.8) is 0 Å². The quantitative estimate of drug-likeness (QED) is 0.432. The Bertz CT molecular complexity index is 1200. The summed E-state index contributed by atoms with van der Waals surface area (Å²) in [5, 5.41) is 2.40. The molecule has 0 saturated carbocycles. The van der Waals surface area contributed by atoms with Gasteiger partial charge in [-0.05, 0) is 42.3 Å². The van der Waals surface area contributed by atoms with Crippen molar-refractivity contribution in [2.45, 2.75) is 25.8 Å². The first kappa shape index (κ1) is 30.6. The summed E-state index contributed by atoms with van der Waals surface area (Å²) in [5.74, 6) is -5.38. The molecule has 0 unspecified atom stereocenters. The summed E-state index contributed by atoms with van der Waals surface area (Å²) in [7, 11) is 1.25. The molecule has 1 aliphatic heterocycles. The first-order chi connectivity index (χ1) is 17.5. The van der Waals surface area contributed by atoms with Gasteiger partial charge in [0.2, 0.25) is 11.8 Å². The zero-order valence-electron chi connectivity index (χ0n) is 20.8. The number of hydrogen-bond donors (Lipinski definition) is 1. The lowest BCUT2D eigenvalue weighted by Gasteiger charge is -2.32. The molecule has 1 saturated heterocycles. The number of carbonyl (C=O) groups is 4. The van der Waals surface area contributed by atoms with Crippen LogP contribution in [-0.2, 0) is 20.7 Å². The predicted molar refractivity (Wildman–Crippen MR) is 133 cm³/mol. The van der Waals surface area contributed by atoms with Crippen LogP contribution in [0.4, 0.5) is 13.2 Å². The van der Waals surface area contributed by atoms with E-state index in [0.717, 1.165) is 0 Å². The predicted octanol–water partition coefficient (Wildman–Crippen LogP) is 2.32. The Hall–Kier alpha value is -3.64.